The molecule has 2 aromatic heterocycles. The lowest BCUT2D eigenvalue weighted by Gasteiger charge is -2.42. The maximum Gasteiger partial charge on any atom is 0.211 e. The van der Waals surface area contributed by atoms with Crippen LogP contribution < -0.4 is 10.6 Å². The lowest BCUT2D eigenvalue weighted by molar-refractivity contribution is 0.197. The molecule has 3 fully saturated rings. The van der Waals surface area contributed by atoms with E-state index in [0.29, 0.717) is 17.4 Å². The Bertz CT molecular complexity index is 1040. The van der Waals surface area contributed by atoms with E-state index in [9.17, 15) is 0 Å². The summed E-state index contributed by atoms with van der Waals surface area (Å²) in [5.41, 5.74) is 7.75. The Morgan fingerprint density at radius 3 is 2.71 bits per heavy atom. The van der Waals surface area contributed by atoms with Crippen LogP contribution in [0, 0.1) is 11.3 Å². The zero-order valence-corrected chi connectivity index (χ0v) is 19.1. The second-order valence-corrected chi connectivity index (χ2v) is 10.8. The van der Waals surface area contributed by atoms with E-state index in [4.69, 9.17) is 22.5 Å². The summed E-state index contributed by atoms with van der Waals surface area (Å²) in [5, 5.41) is -0.0124. The molecule has 1 saturated heterocycles. The molecule has 2 aromatic rings. The highest BCUT2D eigenvalue weighted by Crippen LogP contribution is 2.46. The van der Waals surface area contributed by atoms with E-state index in [1.54, 1.807) is 16.2 Å². The van der Waals surface area contributed by atoms with Crippen molar-refractivity contribution in [2.24, 2.45) is 22.1 Å². The Morgan fingerprint density at radius 1 is 1.13 bits per heavy atom. The van der Waals surface area contributed by atoms with Crippen molar-refractivity contribution in [3.63, 3.8) is 0 Å². The number of anilines is 1. The van der Waals surface area contributed by atoms with E-state index in [1.165, 1.54) is 32.1 Å². The van der Waals surface area contributed by atoms with Crippen molar-refractivity contribution in [2.45, 2.75) is 61.3 Å². The Labute approximate surface area is 191 Å². The number of hydrogen-bond donors (Lipinski definition) is 1. The highest BCUT2D eigenvalue weighted by atomic mass is 35.5. The summed E-state index contributed by atoms with van der Waals surface area (Å²) in [7, 11) is 0. The molecule has 0 aromatic carbocycles. The predicted molar refractivity (Wildman–Crippen MR) is 125 cm³/mol. The first-order valence-corrected chi connectivity index (χ1v) is 12.6. The molecule has 4 aliphatic rings. The summed E-state index contributed by atoms with van der Waals surface area (Å²) in [4.78, 5) is 17.4. The van der Waals surface area contributed by atoms with E-state index in [-0.39, 0.29) is 5.37 Å². The number of hydrogen-bond acceptors (Lipinski definition) is 7. The summed E-state index contributed by atoms with van der Waals surface area (Å²) < 4.78 is 3.90. The van der Waals surface area contributed by atoms with Crippen LogP contribution in [-0.4, -0.2) is 49.1 Å². The summed E-state index contributed by atoms with van der Waals surface area (Å²) in [6, 6.07) is 0.362. The smallest absolute Gasteiger partial charge is 0.211 e. The van der Waals surface area contributed by atoms with Gasteiger partial charge in [0.2, 0.25) is 5.95 Å². The summed E-state index contributed by atoms with van der Waals surface area (Å²) in [6.45, 7) is 2.00. The number of aliphatic imine (C=N–C) groups is 1. The van der Waals surface area contributed by atoms with Gasteiger partial charge in [0, 0.05) is 61.6 Å². The van der Waals surface area contributed by atoms with Crippen LogP contribution in [0.25, 0.3) is 5.65 Å². The molecule has 2 atom stereocenters. The Morgan fingerprint density at radius 2 is 1.97 bits per heavy atom. The van der Waals surface area contributed by atoms with Crippen LogP contribution >= 0.6 is 23.5 Å². The number of amidine groups is 1. The molecular weight excluding hydrogens is 430 g/mol. The molecule has 2 aliphatic heterocycles. The molecule has 2 N–H and O–H groups in total. The van der Waals surface area contributed by atoms with Crippen LogP contribution in [0.3, 0.4) is 0 Å². The van der Waals surface area contributed by atoms with Gasteiger partial charge in [0.15, 0.2) is 5.65 Å². The minimum Gasteiger partial charge on any atom is -0.342 e. The molecule has 0 bridgehead atoms. The maximum absolute atomic E-state index is 6.65. The fourth-order valence-corrected chi connectivity index (χ4v) is 6.78. The number of imidazole rings is 1. The third-order valence-corrected chi connectivity index (χ3v) is 9.13. The molecule has 1 unspecified atom stereocenters. The van der Waals surface area contributed by atoms with Gasteiger partial charge >= 0.3 is 0 Å². The first-order valence-electron chi connectivity index (χ1n) is 11.3. The van der Waals surface area contributed by atoms with Gasteiger partial charge in [-0.3, -0.25) is 8.82 Å². The monoisotopic (exact) mass is 457 g/mol. The van der Waals surface area contributed by atoms with Gasteiger partial charge in [-0.25, -0.2) is 15.0 Å². The molecule has 164 valence electrons. The van der Waals surface area contributed by atoms with Gasteiger partial charge in [-0.05, 0) is 50.0 Å². The minimum atomic E-state index is -0.0124. The van der Waals surface area contributed by atoms with Crippen LogP contribution in [0.4, 0.5) is 5.95 Å². The zero-order valence-electron chi connectivity index (χ0n) is 17.5. The number of nitrogens with zero attached hydrogens (tertiary/aromatic N) is 6. The number of rotatable bonds is 4. The van der Waals surface area contributed by atoms with Crippen LogP contribution in [-0.2, 0) is 0 Å². The molecule has 31 heavy (non-hydrogen) atoms. The fourth-order valence-electron chi connectivity index (χ4n) is 5.43. The minimum absolute atomic E-state index is 0.0124. The van der Waals surface area contributed by atoms with E-state index in [2.05, 4.69) is 19.3 Å². The van der Waals surface area contributed by atoms with Crippen molar-refractivity contribution in [3.05, 3.63) is 30.9 Å². The first kappa shape index (κ1) is 19.9. The molecule has 0 radical (unpaired) electrons. The molecule has 9 heteroatoms. The molecule has 0 amide bonds. The third-order valence-electron chi connectivity index (χ3n) is 7.48. The largest absolute Gasteiger partial charge is 0.342 e. The number of thioether (sulfide) groups is 1. The lowest BCUT2D eigenvalue weighted by atomic mass is 9.74. The van der Waals surface area contributed by atoms with Crippen LogP contribution in [0.2, 0.25) is 0 Å². The Balaban J connectivity index is 1.22. The van der Waals surface area contributed by atoms with E-state index < -0.39 is 0 Å². The first-order chi connectivity index (χ1) is 15.1. The molecule has 1 spiro atoms. The summed E-state index contributed by atoms with van der Waals surface area (Å²) in [5.74, 6) is 2.46. The van der Waals surface area contributed by atoms with Gasteiger partial charge in [0.05, 0.1) is 4.90 Å². The van der Waals surface area contributed by atoms with Gasteiger partial charge in [-0.2, -0.15) is 0 Å². The molecule has 4 heterocycles. The average molecular weight is 458 g/mol. The number of piperidine rings is 1. The third kappa shape index (κ3) is 3.43. The second kappa shape index (κ2) is 7.67. The van der Waals surface area contributed by atoms with Gasteiger partial charge < -0.3 is 10.6 Å². The quantitative estimate of drug-likeness (QED) is 0.698. The van der Waals surface area contributed by atoms with Crippen LogP contribution in [0.15, 0.2) is 40.8 Å². The van der Waals surface area contributed by atoms with E-state index in [1.807, 2.05) is 30.9 Å². The van der Waals surface area contributed by atoms with Crippen molar-refractivity contribution in [3.8, 4) is 0 Å². The predicted octanol–water partition coefficient (Wildman–Crippen LogP) is 4.04. The fraction of sp³-hybridized carbons (Fsp3) is 0.591. The topological polar surface area (TPSA) is 75.0 Å². The van der Waals surface area contributed by atoms with Crippen LogP contribution in [0.1, 0.15) is 44.9 Å². The van der Waals surface area contributed by atoms with E-state index >= 15 is 0 Å². The highest BCUT2D eigenvalue weighted by molar-refractivity contribution is 8.00. The van der Waals surface area contributed by atoms with Gasteiger partial charge in [0.1, 0.15) is 11.2 Å². The Kier molecular flexibility index (Phi) is 4.92. The standard InChI is InChI=1S/C22H28ClN7S/c23-30-18(5-9-25-19(30)15-3-4-15)31-16-14-27-21(29-13-10-26-20(16)29)28-11-7-22(8-12-28)6-1-2-17(22)24/h5,9-10,13-15,17-18H,1-4,6-8,11-12,24H2/t17-,18?/m1/s1. The lowest BCUT2D eigenvalue weighted by Crippen LogP contribution is -2.47. The summed E-state index contributed by atoms with van der Waals surface area (Å²) >= 11 is 8.32. The van der Waals surface area contributed by atoms with Gasteiger partial charge in [-0.15, -0.1) is 0 Å². The van der Waals surface area contributed by atoms with Crippen molar-refractivity contribution in [1.29, 1.82) is 0 Å². The van der Waals surface area contributed by atoms with Crippen molar-refractivity contribution in [2.75, 3.05) is 18.0 Å². The Hall–Kier alpha value is -1.77. The number of halogens is 1. The maximum atomic E-state index is 6.65. The van der Waals surface area contributed by atoms with E-state index in [0.717, 1.165) is 48.3 Å². The highest BCUT2D eigenvalue weighted by Gasteiger charge is 2.43. The van der Waals surface area contributed by atoms with Crippen molar-refractivity contribution >= 4 is 41.0 Å². The molecule has 7 nitrogen and oxygen atoms in total. The molecular formula is C22H28ClN7S. The zero-order chi connectivity index (χ0) is 21.0. The second-order valence-electron chi connectivity index (χ2n) is 9.31. The molecule has 2 saturated carbocycles. The van der Waals surface area contributed by atoms with Gasteiger partial charge in [-0.1, -0.05) is 18.2 Å². The average Bonchev–Trinajstić information content (AvgIpc) is 3.40. The number of fused-ring (bicyclic) bond motifs is 1. The van der Waals surface area contributed by atoms with Gasteiger partial charge in [0.25, 0.3) is 0 Å². The normalized spacial score (nSPS) is 28.0. The summed E-state index contributed by atoms with van der Waals surface area (Å²) in [6.07, 6.45) is 18.1. The number of aromatic nitrogens is 3. The van der Waals surface area contributed by atoms with Crippen molar-refractivity contribution in [1.82, 2.24) is 18.8 Å². The SMILES string of the molecule is N[C@@H]1CCCC12CCN(c1ncc(SC3C=CN=C(C4CC4)N3Cl)c3nccn13)CC2. The molecule has 2 aliphatic carbocycles. The molecule has 6 rings (SSSR count). The van der Waals surface area contributed by atoms with Crippen molar-refractivity contribution < 1.29 is 0 Å². The van der Waals surface area contributed by atoms with Crippen LogP contribution in [0.5, 0.6) is 0 Å². The number of nitrogens with two attached hydrogens (primary N) is 1.